The number of methoxy groups -OCH3 is 1. The number of nitrogens with two attached hydrogens (primary N) is 1. The van der Waals surface area contributed by atoms with Crippen molar-refractivity contribution < 1.29 is 9.26 Å². The van der Waals surface area contributed by atoms with Crippen LogP contribution in [0.3, 0.4) is 0 Å². The minimum absolute atomic E-state index is 0.245. The second-order valence-electron chi connectivity index (χ2n) is 3.84. The summed E-state index contributed by atoms with van der Waals surface area (Å²) in [6.45, 7) is 4.28. The van der Waals surface area contributed by atoms with Gasteiger partial charge in [-0.1, -0.05) is 5.16 Å². The van der Waals surface area contributed by atoms with Gasteiger partial charge in [0.2, 0.25) is 11.7 Å². The van der Waals surface area contributed by atoms with E-state index in [1.807, 2.05) is 26.0 Å². The molecule has 1 heterocycles. The Hall–Kier alpha value is -1.88. The minimum Gasteiger partial charge on any atom is -0.496 e. The number of hydrogen-bond donors (Lipinski definition) is 1. The predicted octanol–water partition coefficient (Wildman–Crippen LogP) is 1.82. The second-order valence-corrected chi connectivity index (χ2v) is 3.84. The summed E-state index contributed by atoms with van der Waals surface area (Å²) < 4.78 is 10.3. The number of hydrogen-bond acceptors (Lipinski definition) is 5. The molecule has 5 nitrogen and oxygen atoms in total. The maximum atomic E-state index is 5.43. The first kappa shape index (κ1) is 11.6. The highest BCUT2D eigenvalue weighted by Crippen LogP contribution is 2.28. The van der Waals surface area contributed by atoms with E-state index in [-0.39, 0.29) is 6.54 Å². The van der Waals surface area contributed by atoms with Crippen molar-refractivity contribution in [3.63, 3.8) is 0 Å². The van der Waals surface area contributed by atoms with Gasteiger partial charge in [0.15, 0.2) is 0 Å². The topological polar surface area (TPSA) is 74.2 Å². The Morgan fingerprint density at radius 2 is 2.12 bits per heavy atom. The molecule has 0 aliphatic carbocycles. The van der Waals surface area contributed by atoms with Crippen LogP contribution in [0.1, 0.15) is 17.0 Å². The molecule has 2 rings (SSSR count). The quantitative estimate of drug-likeness (QED) is 0.875. The molecule has 17 heavy (non-hydrogen) atoms. The van der Waals surface area contributed by atoms with Crippen LogP contribution in [0.15, 0.2) is 16.7 Å². The van der Waals surface area contributed by atoms with E-state index in [1.54, 1.807) is 7.11 Å². The summed E-state index contributed by atoms with van der Waals surface area (Å²) in [7, 11) is 1.65. The van der Waals surface area contributed by atoms with Gasteiger partial charge in [-0.2, -0.15) is 4.98 Å². The van der Waals surface area contributed by atoms with Crippen molar-refractivity contribution in [1.29, 1.82) is 0 Å². The predicted molar refractivity (Wildman–Crippen MR) is 63.7 cm³/mol. The smallest absolute Gasteiger partial charge is 0.240 e. The van der Waals surface area contributed by atoms with Crippen molar-refractivity contribution in [1.82, 2.24) is 10.1 Å². The van der Waals surface area contributed by atoms with Gasteiger partial charge in [0.25, 0.3) is 0 Å². The Morgan fingerprint density at radius 3 is 2.71 bits per heavy atom. The number of nitrogens with zero attached hydrogens (tertiary/aromatic N) is 2. The van der Waals surface area contributed by atoms with Crippen molar-refractivity contribution in [2.75, 3.05) is 7.11 Å². The lowest BCUT2D eigenvalue weighted by molar-refractivity contribution is 0.380. The maximum absolute atomic E-state index is 5.43. The van der Waals surface area contributed by atoms with Crippen LogP contribution in [0.4, 0.5) is 0 Å². The molecule has 2 N–H and O–H groups in total. The largest absolute Gasteiger partial charge is 0.496 e. The van der Waals surface area contributed by atoms with E-state index in [0.717, 1.165) is 22.4 Å². The third-order valence-electron chi connectivity index (χ3n) is 2.74. The summed E-state index contributed by atoms with van der Waals surface area (Å²) in [6.07, 6.45) is 0. The van der Waals surface area contributed by atoms with Crippen molar-refractivity contribution in [2.24, 2.45) is 5.73 Å². The first-order valence-corrected chi connectivity index (χ1v) is 5.34. The summed E-state index contributed by atoms with van der Waals surface area (Å²) in [5.74, 6) is 1.78. The molecule has 2 aromatic rings. The first-order chi connectivity index (χ1) is 8.15. The SMILES string of the molecule is COc1cc(-c2noc(CN)n2)cc(C)c1C. The summed E-state index contributed by atoms with van der Waals surface area (Å²) in [4.78, 5) is 4.19. The van der Waals surface area contributed by atoms with E-state index in [4.69, 9.17) is 15.0 Å². The molecule has 0 radical (unpaired) electrons. The lowest BCUT2D eigenvalue weighted by Gasteiger charge is -2.08. The molecule has 0 aliphatic heterocycles. The van der Waals surface area contributed by atoms with E-state index < -0.39 is 0 Å². The van der Waals surface area contributed by atoms with Crippen LogP contribution in [0.2, 0.25) is 0 Å². The standard InChI is InChI=1S/C12H15N3O2/c1-7-4-9(5-10(16-3)8(7)2)12-14-11(6-13)17-15-12/h4-5H,6,13H2,1-3H3. The third kappa shape index (κ3) is 2.14. The number of aromatic nitrogens is 2. The van der Waals surface area contributed by atoms with Gasteiger partial charge in [0.1, 0.15) is 5.75 Å². The van der Waals surface area contributed by atoms with Gasteiger partial charge in [-0.25, -0.2) is 0 Å². The summed E-state index contributed by atoms with van der Waals surface area (Å²) >= 11 is 0. The van der Waals surface area contributed by atoms with Crippen LogP contribution in [-0.4, -0.2) is 17.3 Å². The fourth-order valence-electron chi connectivity index (χ4n) is 1.62. The van der Waals surface area contributed by atoms with Gasteiger partial charge in [-0.3, -0.25) is 0 Å². The number of ether oxygens (including phenoxy) is 1. The summed E-state index contributed by atoms with van der Waals surface area (Å²) in [5, 5.41) is 3.88. The molecule has 0 spiro atoms. The van der Waals surface area contributed by atoms with Crippen molar-refractivity contribution >= 4 is 0 Å². The van der Waals surface area contributed by atoms with Crippen LogP contribution < -0.4 is 10.5 Å². The van der Waals surface area contributed by atoms with E-state index in [9.17, 15) is 0 Å². The minimum atomic E-state index is 0.245. The lowest BCUT2D eigenvalue weighted by atomic mass is 10.0. The average Bonchev–Trinajstić information content (AvgIpc) is 2.81. The van der Waals surface area contributed by atoms with Gasteiger partial charge in [0, 0.05) is 5.56 Å². The highest BCUT2D eigenvalue weighted by molar-refractivity contribution is 5.61. The normalized spacial score (nSPS) is 10.6. The summed E-state index contributed by atoms with van der Waals surface area (Å²) in [5.41, 5.74) is 8.53. The lowest BCUT2D eigenvalue weighted by Crippen LogP contribution is -1.96. The molecule has 0 unspecified atom stereocenters. The zero-order valence-electron chi connectivity index (χ0n) is 10.2. The molecular formula is C12H15N3O2. The molecule has 1 aromatic heterocycles. The van der Waals surface area contributed by atoms with Gasteiger partial charge in [-0.15, -0.1) is 0 Å². The Bertz CT molecular complexity index is 535. The molecule has 0 aliphatic rings. The van der Waals surface area contributed by atoms with E-state index in [0.29, 0.717) is 11.7 Å². The molecule has 90 valence electrons. The van der Waals surface area contributed by atoms with Crippen LogP contribution >= 0.6 is 0 Å². The van der Waals surface area contributed by atoms with Crippen molar-refractivity contribution in [3.05, 3.63) is 29.2 Å². The van der Waals surface area contributed by atoms with Gasteiger partial charge in [0.05, 0.1) is 13.7 Å². The molecule has 0 saturated heterocycles. The highest BCUT2D eigenvalue weighted by Gasteiger charge is 2.11. The van der Waals surface area contributed by atoms with Crippen molar-refractivity contribution in [2.45, 2.75) is 20.4 Å². The van der Waals surface area contributed by atoms with Gasteiger partial charge in [-0.05, 0) is 37.1 Å². The maximum Gasteiger partial charge on any atom is 0.240 e. The molecular weight excluding hydrogens is 218 g/mol. The van der Waals surface area contributed by atoms with Gasteiger partial charge < -0.3 is 15.0 Å². The zero-order valence-corrected chi connectivity index (χ0v) is 10.2. The molecule has 1 aromatic carbocycles. The first-order valence-electron chi connectivity index (χ1n) is 5.34. The number of aryl methyl sites for hydroxylation is 1. The number of benzene rings is 1. The van der Waals surface area contributed by atoms with E-state index >= 15 is 0 Å². The van der Waals surface area contributed by atoms with Crippen LogP contribution in [-0.2, 0) is 6.54 Å². The Labute approximate surface area is 99.6 Å². The zero-order chi connectivity index (χ0) is 12.4. The monoisotopic (exact) mass is 233 g/mol. The highest BCUT2D eigenvalue weighted by atomic mass is 16.5. The molecule has 0 atom stereocenters. The average molecular weight is 233 g/mol. The van der Waals surface area contributed by atoms with Crippen LogP contribution in [0.25, 0.3) is 11.4 Å². The third-order valence-corrected chi connectivity index (χ3v) is 2.74. The Morgan fingerprint density at radius 1 is 1.35 bits per heavy atom. The summed E-state index contributed by atoms with van der Waals surface area (Å²) in [6, 6.07) is 3.90. The molecule has 0 amide bonds. The number of rotatable bonds is 3. The molecule has 0 saturated carbocycles. The van der Waals surface area contributed by atoms with Gasteiger partial charge >= 0.3 is 0 Å². The fraction of sp³-hybridized carbons (Fsp3) is 0.333. The molecule has 0 fully saturated rings. The molecule has 5 heteroatoms. The Kier molecular flexibility index (Phi) is 3.10. The van der Waals surface area contributed by atoms with E-state index in [1.165, 1.54) is 0 Å². The second kappa shape index (κ2) is 4.55. The van der Waals surface area contributed by atoms with Crippen LogP contribution in [0, 0.1) is 13.8 Å². The fourth-order valence-corrected chi connectivity index (χ4v) is 1.62. The van der Waals surface area contributed by atoms with E-state index in [2.05, 4.69) is 10.1 Å². The molecule has 0 bridgehead atoms. The van der Waals surface area contributed by atoms with Crippen molar-refractivity contribution in [3.8, 4) is 17.1 Å². The van der Waals surface area contributed by atoms with Crippen LogP contribution in [0.5, 0.6) is 5.75 Å². The Balaban J connectivity index is 2.48.